The summed E-state index contributed by atoms with van der Waals surface area (Å²) in [7, 11) is 0.775. The van der Waals surface area contributed by atoms with Gasteiger partial charge in [-0.2, -0.15) is 0 Å². The van der Waals surface area contributed by atoms with Crippen LogP contribution in [0, 0.1) is 0 Å². The van der Waals surface area contributed by atoms with E-state index in [0.717, 1.165) is 4.31 Å². The van der Waals surface area contributed by atoms with E-state index in [0.29, 0.717) is 17.3 Å². The molecule has 0 saturated heterocycles. The Hall–Kier alpha value is -1.80. The number of likely N-dealkylation sites (N-methyl/N-ethyl adjacent to an activating group) is 1. The lowest BCUT2D eigenvalue weighted by molar-refractivity contribution is 0.0773. The van der Waals surface area contributed by atoms with Gasteiger partial charge in [-0.25, -0.2) is 12.7 Å². The molecule has 0 spiro atoms. The third-order valence-electron chi connectivity index (χ3n) is 3.80. The van der Waals surface area contributed by atoms with E-state index >= 15 is 0 Å². The molecule has 0 bridgehead atoms. The first kappa shape index (κ1) is 21.5. The maximum Gasteiger partial charge on any atom is 0.255 e. The van der Waals surface area contributed by atoms with Gasteiger partial charge in [0.15, 0.2) is 0 Å². The molecule has 146 valence electrons. The molecule has 6 nitrogen and oxygen atoms in total. The van der Waals surface area contributed by atoms with Crippen LogP contribution in [0.3, 0.4) is 0 Å². The smallest absolute Gasteiger partial charge is 0.255 e. The van der Waals surface area contributed by atoms with Gasteiger partial charge in [0.25, 0.3) is 5.91 Å². The van der Waals surface area contributed by atoms with E-state index in [1.165, 1.54) is 37.2 Å². The normalized spacial score (nSPS) is 11.5. The first-order valence-electron chi connectivity index (χ1n) is 7.99. The van der Waals surface area contributed by atoms with E-state index in [1.54, 1.807) is 31.3 Å². The predicted octanol–water partition coefficient (Wildman–Crippen LogP) is 3.39. The Morgan fingerprint density at radius 1 is 1.04 bits per heavy atom. The van der Waals surface area contributed by atoms with Crippen molar-refractivity contribution in [2.45, 2.75) is 4.90 Å². The van der Waals surface area contributed by atoms with Gasteiger partial charge in [0.2, 0.25) is 10.0 Å². The summed E-state index contributed by atoms with van der Waals surface area (Å²) in [6, 6.07) is 11.0. The average molecular weight is 431 g/mol. The number of benzene rings is 2. The molecule has 2 aromatic carbocycles. The fourth-order valence-electron chi connectivity index (χ4n) is 2.18. The van der Waals surface area contributed by atoms with E-state index in [1.807, 2.05) is 0 Å². The zero-order valence-corrected chi connectivity index (χ0v) is 17.5. The number of hydrogen-bond donors (Lipinski definition) is 0. The summed E-state index contributed by atoms with van der Waals surface area (Å²) in [4.78, 5) is 14.1. The molecule has 0 heterocycles. The highest BCUT2D eigenvalue weighted by Crippen LogP contribution is 2.23. The highest BCUT2D eigenvalue weighted by atomic mass is 35.5. The van der Waals surface area contributed by atoms with Crippen LogP contribution in [0.5, 0.6) is 5.75 Å². The molecule has 0 aliphatic heterocycles. The minimum atomic E-state index is -3.66. The van der Waals surface area contributed by atoms with Crippen LogP contribution in [0.15, 0.2) is 47.4 Å². The lowest BCUT2D eigenvalue weighted by Gasteiger charge is -2.19. The number of carbonyl (C=O) groups excluding carboxylic acids is 1. The summed E-state index contributed by atoms with van der Waals surface area (Å²) < 4.78 is 31.2. The van der Waals surface area contributed by atoms with Crippen LogP contribution in [0.1, 0.15) is 10.4 Å². The van der Waals surface area contributed by atoms with Gasteiger partial charge in [-0.05, 0) is 42.5 Å². The van der Waals surface area contributed by atoms with Crippen LogP contribution in [0.2, 0.25) is 10.0 Å². The number of amides is 1. The van der Waals surface area contributed by atoms with Crippen molar-refractivity contribution in [3.63, 3.8) is 0 Å². The van der Waals surface area contributed by atoms with Crippen molar-refractivity contribution >= 4 is 39.1 Å². The molecular formula is C18H20Cl2N2O4S. The van der Waals surface area contributed by atoms with Gasteiger partial charge in [-0.3, -0.25) is 4.79 Å². The van der Waals surface area contributed by atoms with Crippen molar-refractivity contribution in [1.29, 1.82) is 0 Å². The predicted molar refractivity (Wildman–Crippen MR) is 106 cm³/mol. The quantitative estimate of drug-likeness (QED) is 0.674. The highest BCUT2D eigenvalue weighted by Gasteiger charge is 2.22. The fourth-order valence-corrected chi connectivity index (χ4v) is 3.43. The van der Waals surface area contributed by atoms with Crippen molar-refractivity contribution in [2.75, 3.05) is 34.3 Å². The third-order valence-corrected chi connectivity index (χ3v) is 6.20. The van der Waals surface area contributed by atoms with E-state index in [2.05, 4.69) is 0 Å². The van der Waals surface area contributed by atoms with Crippen molar-refractivity contribution in [2.24, 2.45) is 0 Å². The summed E-state index contributed by atoms with van der Waals surface area (Å²) >= 11 is 11.9. The van der Waals surface area contributed by atoms with Crippen LogP contribution in [-0.4, -0.2) is 57.8 Å². The van der Waals surface area contributed by atoms with Crippen LogP contribution >= 0.6 is 23.2 Å². The van der Waals surface area contributed by atoms with Gasteiger partial charge in [0.05, 0.1) is 22.0 Å². The number of rotatable bonds is 7. The zero-order valence-electron chi connectivity index (χ0n) is 15.1. The topological polar surface area (TPSA) is 66.9 Å². The van der Waals surface area contributed by atoms with Gasteiger partial charge in [-0.15, -0.1) is 0 Å². The molecule has 0 saturated carbocycles. The molecule has 1 amide bonds. The van der Waals surface area contributed by atoms with Gasteiger partial charge in [0, 0.05) is 26.2 Å². The monoisotopic (exact) mass is 430 g/mol. The highest BCUT2D eigenvalue weighted by molar-refractivity contribution is 7.89. The Balaban J connectivity index is 2.08. The van der Waals surface area contributed by atoms with Crippen molar-refractivity contribution in [1.82, 2.24) is 9.21 Å². The van der Waals surface area contributed by atoms with Crippen LogP contribution in [-0.2, 0) is 10.0 Å². The number of halogens is 2. The van der Waals surface area contributed by atoms with Crippen LogP contribution in [0.25, 0.3) is 0 Å². The maximum atomic E-state index is 12.7. The Bertz CT molecular complexity index is 915. The number of carbonyl (C=O) groups is 1. The summed E-state index contributed by atoms with van der Waals surface area (Å²) in [6.45, 7) is 0.555. The first-order valence-corrected chi connectivity index (χ1v) is 10.2. The second kappa shape index (κ2) is 8.93. The molecule has 0 N–H and O–H groups in total. The van der Waals surface area contributed by atoms with E-state index in [9.17, 15) is 13.2 Å². The lowest BCUT2D eigenvalue weighted by atomic mass is 10.2. The summed E-state index contributed by atoms with van der Waals surface area (Å²) in [5, 5.41) is 0.792. The SMILES string of the molecule is CN(CCOc1ccc(Cl)cc1)C(=O)c1cc(S(=O)(=O)N(C)C)ccc1Cl. The summed E-state index contributed by atoms with van der Waals surface area (Å²) in [5.41, 5.74) is 0.119. The number of hydrogen-bond acceptors (Lipinski definition) is 4. The molecule has 0 unspecified atom stereocenters. The molecule has 0 atom stereocenters. The van der Waals surface area contributed by atoms with Gasteiger partial charge in [-0.1, -0.05) is 23.2 Å². The van der Waals surface area contributed by atoms with Crippen molar-refractivity contribution in [3.8, 4) is 5.75 Å². The Labute approximate surface area is 169 Å². The molecule has 0 radical (unpaired) electrons. The molecule has 9 heteroatoms. The average Bonchev–Trinajstić information content (AvgIpc) is 2.62. The third kappa shape index (κ3) is 5.35. The zero-order chi connectivity index (χ0) is 20.2. The number of ether oxygens (including phenoxy) is 1. The van der Waals surface area contributed by atoms with Crippen molar-refractivity contribution in [3.05, 3.63) is 58.1 Å². The van der Waals surface area contributed by atoms with E-state index in [4.69, 9.17) is 27.9 Å². The number of sulfonamides is 1. The van der Waals surface area contributed by atoms with Gasteiger partial charge < -0.3 is 9.64 Å². The van der Waals surface area contributed by atoms with Gasteiger partial charge in [0.1, 0.15) is 12.4 Å². The minimum Gasteiger partial charge on any atom is -0.492 e. The number of nitrogens with zero attached hydrogens (tertiary/aromatic N) is 2. The lowest BCUT2D eigenvalue weighted by Crippen LogP contribution is -2.31. The Kier molecular flexibility index (Phi) is 7.11. The second-order valence-corrected chi connectivity index (χ2v) is 8.95. The molecule has 0 fully saturated rings. The Morgan fingerprint density at radius 2 is 1.67 bits per heavy atom. The summed E-state index contributed by atoms with van der Waals surface area (Å²) in [5.74, 6) is 0.243. The molecule has 0 aliphatic carbocycles. The largest absolute Gasteiger partial charge is 0.492 e. The van der Waals surface area contributed by atoms with Crippen LogP contribution in [0.4, 0.5) is 0 Å². The van der Waals surface area contributed by atoms with Crippen molar-refractivity contribution < 1.29 is 17.9 Å². The van der Waals surface area contributed by atoms with E-state index in [-0.39, 0.29) is 22.1 Å². The molecule has 2 rings (SSSR count). The minimum absolute atomic E-state index is 0.00562. The molecule has 0 aromatic heterocycles. The molecule has 2 aromatic rings. The Morgan fingerprint density at radius 3 is 2.26 bits per heavy atom. The van der Waals surface area contributed by atoms with Crippen LogP contribution < -0.4 is 4.74 Å². The summed E-state index contributed by atoms with van der Waals surface area (Å²) in [6.07, 6.45) is 0. The van der Waals surface area contributed by atoms with E-state index < -0.39 is 15.9 Å². The fraction of sp³-hybridized carbons (Fsp3) is 0.278. The molecule has 27 heavy (non-hydrogen) atoms. The standard InChI is InChI=1S/C18H20Cl2N2O4S/c1-21(2)27(24,25)15-8-9-17(20)16(12-15)18(23)22(3)10-11-26-14-6-4-13(19)5-7-14/h4-9,12H,10-11H2,1-3H3. The van der Waals surface area contributed by atoms with Gasteiger partial charge >= 0.3 is 0 Å². The first-order chi connectivity index (χ1) is 12.6. The second-order valence-electron chi connectivity index (χ2n) is 5.96. The molecular weight excluding hydrogens is 411 g/mol. The molecule has 0 aliphatic rings. The maximum absolute atomic E-state index is 12.7.